The molecule has 1 fully saturated rings. The summed E-state index contributed by atoms with van der Waals surface area (Å²) in [4.78, 5) is 25.5. The molecule has 0 aromatic heterocycles. The molecular weight excluding hydrogens is 352 g/mol. The van der Waals surface area contributed by atoms with Crippen LogP contribution in [-0.4, -0.2) is 43.0 Å². The van der Waals surface area contributed by atoms with Gasteiger partial charge in [-0.2, -0.15) is 0 Å². The lowest BCUT2D eigenvalue weighted by Gasteiger charge is -2.15. The molecule has 0 radical (unpaired) electrons. The van der Waals surface area contributed by atoms with Crippen molar-refractivity contribution < 1.29 is 14.3 Å². The SMILES string of the molecule is O=C(COc1ccc(-c2ccccc2)cc1Cl)NCC(=O)N1CCCC1. The van der Waals surface area contributed by atoms with E-state index in [9.17, 15) is 9.59 Å². The van der Waals surface area contributed by atoms with E-state index in [1.54, 1.807) is 17.0 Å². The number of nitrogens with zero attached hydrogens (tertiary/aromatic N) is 1. The highest BCUT2D eigenvalue weighted by Crippen LogP contribution is 2.30. The standard InChI is InChI=1S/C20H21ClN2O3/c21-17-12-16(15-6-2-1-3-7-15)8-9-18(17)26-14-19(24)22-13-20(25)23-10-4-5-11-23/h1-3,6-9,12H,4-5,10-11,13-14H2,(H,22,24). The van der Waals surface area contributed by atoms with Crippen LogP contribution in [0.5, 0.6) is 5.75 Å². The van der Waals surface area contributed by atoms with Crippen molar-refractivity contribution in [3.05, 3.63) is 53.6 Å². The Bertz CT molecular complexity index is 774. The fourth-order valence-corrected chi connectivity index (χ4v) is 3.11. The number of rotatable bonds is 6. The third-order valence-electron chi connectivity index (χ3n) is 4.29. The van der Waals surface area contributed by atoms with E-state index < -0.39 is 0 Å². The Morgan fingerprint density at radius 1 is 1.04 bits per heavy atom. The van der Waals surface area contributed by atoms with Gasteiger partial charge in [-0.1, -0.05) is 48.0 Å². The van der Waals surface area contributed by atoms with E-state index >= 15 is 0 Å². The van der Waals surface area contributed by atoms with Gasteiger partial charge < -0.3 is 15.0 Å². The highest BCUT2D eigenvalue weighted by atomic mass is 35.5. The van der Waals surface area contributed by atoms with E-state index in [1.165, 1.54) is 0 Å². The maximum atomic E-state index is 11.9. The highest BCUT2D eigenvalue weighted by Gasteiger charge is 2.18. The number of likely N-dealkylation sites (tertiary alicyclic amines) is 1. The summed E-state index contributed by atoms with van der Waals surface area (Å²) in [7, 11) is 0. The molecule has 1 heterocycles. The first-order chi connectivity index (χ1) is 12.6. The molecule has 1 saturated heterocycles. The number of hydrogen-bond donors (Lipinski definition) is 1. The molecule has 5 nitrogen and oxygen atoms in total. The fourth-order valence-electron chi connectivity index (χ4n) is 2.87. The number of amides is 2. The molecule has 0 aliphatic carbocycles. The van der Waals surface area contributed by atoms with Crippen LogP contribution in [0.2, 0.25) is 5.02 Å². The van der Waals surface area contributed by atoms with Gasteiger partial charge in [-0.15, -0.1) is 0 Å². The first kappa shape index (κ1) is 18.3. The molecule has 2 amide bonds. The van der Waals surface area contributed by atoms with Gasteiger partial charge in [-0.05, 0) is 36.1 Å². The molecule has 0 saturated carbocycles. The van der Waals surface area contributed by atoms with Crippen molar-refractivity contribution in [2.75, 3.05) is 26.2 Å². The van der Waals surface area contributed by atoms with E-state index in [0.717, 1.165) is 37.1 Å². The topological polar surface area (TPSA) is 58.6 Å². The van der Waals surface area contributed by atoms with Crippen molar-refractivity contribution in [1.82, 2.24) is 10.2 Å². The zero-order chi connectivity index (χ0) is 18.4. The van der Waals surface area contributed by atoms with Crippen LogP contribution in [0.25, 0.3) is 11.1 Å². The second-order valence-electron chi connectivity index (χ2n) is 6.16. The van der Waals surface area contributed by atoms with E-state index in [4.69, 9.17) is 16.3 Å². The van der Waals surface area contributed by atoms with Gasteiger partial charge in [0.15, 0.2) is 6.61 Å². The maximum Gasteiger partial charge on any atom is 0.258 e. The number of carbonyl (C=O) groups excluding carboxylic acids is 2. The normalized spacial score (nSPS) is 13.5. The monoisotopic (exact) mass is 372 g/mol. The third kappa shape index (κ3) is 4.76. The predicted octanol–water partition coefficient (Wildman–Crippen LogP) is 3.12. The van der Waals surface area contributed by atoms with Crippen LogP contribution in [0.4, 0.5) is 0 Å². The van der Waals surface area contributed by atoms with Crippen molar-refractivity contribution >= 4 is 23.4 Å². The second kappa shape index (κ2) is 8.72. The van der Waals surface area contributed by atoms with Gasteiger partial charge in [0.1, 0.15) is 5.75 Å². The van der Waals surface area contributed by atoms with E-state index in [-0.39, 0.29) is 25.0 Å². The molecule has 0 atom stereocenters. The lowest BCUT2D eigenvalue weighted by molar-refractivity contribution is -0.132. The lowest BCUT2D eigenvalue weighted by Crippen LogP contribution is -2.40. The van der Waals surface area contributed by atoms with Crippen LogP contribution in [0.1, 0.15) is 12.8 Å². The summed E-state index contributed by atoms with van der Waals surface area (Å²) in [5.41, 5.74) is 2.03. The van der Waals surface area contributed by atoms with Gasteiger partial charge in [0.05, 0.1) is 11.6 Å². The molecule has 1 aliphatic heterocycles. The molecule has 6 heteroatoms. The number of carbonyl (C=O) groups is 2. The average molecular weight is 373 g/mol. The minimum absolute atomic E-state index is 0.00285. The van der Waals surface area contributed by atoms with Gasteiger partial charge in [0.25, 0.3) is 5.91 Å². The molecule has 0 spiro atoms. The predicted molar refractivity (Wildman–Crippen MR) is 101 cm³/mol. The molecule has 26 heavy (non-hydrogen) atoms. The fraction of sp³-hybridized carbons (Fsp3) is 0.300. The lowest BCUT2D eigenvalue weighted by atomic mass is 10.1. The Balaban J connectivity index is 1.49. The number of hydrogen-bond acceptors (Lipinski definition) is 3. The molecule has 0 unspecified atom stereocenters. The van der Waals surface area contributed by atoms with E-state index in [0.29, 0.717) is 10.8 Å². The first-order valence-electron chi connectivity index (χ1n) is 8.66. The molecule has 2 aromatic carbocycles. The second-order valence-corrected chi connectivity index (χ2v) is 6.57. The summed E-state index contributed by atoms with van der Waals surface area (Å²) in [5, 5.41) is 3.03. The van der Waals surface area contributed by atoms with Crippen LogP contribution in [0.15, 0.2) is 48.5 Å². The van der Waals surface area contributed by atoms with E-state index in [1.807, 2.05) is 36.4 Å². The van der Waals surface area contributed by atoms with Crippen molar-refractivity contribution in [3.63, 3.8) is 0 Å². The average Bonchev–Trinajstić information content (AvgIpc) is 3.20. The maximum absolute atomic E-state index is 11.9. The Morgan fingerprint density at radius 2 is 1.77 bits per heavy atom. The Hall–Kier alpha value is -2.53. The molecule has 3 rings (SSSR count). The Morgan fingerprint density at radius 3 is 2.46 bits per heavy atom. The largest absolute Gasteiger partial charge is 0.482 e. The molecule has 136 valence electrons. The quantitative estimate of drug-likeness (QED) is 0.847. The van der Waals surface area contributed by atoms with Gasteiger partial charge in [0.2, 0.25) is 5.91 Å². The van der Waals surface area contributed by atoms with Crippen LogP contribution in [0, 0.1) is 0 Å². The molecular formula is C20H21ClN2O3. The van der Waals surface area contributed by atoms with Crippen LogP contribution >= 0.6 is 11.6 Å². The number of nitrogens with one attached hydrogen (secondary N) is 1. The van der Waals surface area contributed by atoms with Gasteiger partial charge in [0, 0.05) is 13.1 Å². The van der Waals surface area contributed by atoms with Gasteiger partial charge >= 0.3 is 0 Å². The van der Waals surface area contributed by atoms with Crippen LogP contribution in [0.3, 0.4) is 0 Å². The minimum Gasteiger partial charge on any atom is -0.482 e. The summed E-state index contributed by atoms with van der Waals surface area (Å²) in [5.74, 6) is 0.0363. The smallest absolute Gasteiger partial charge is 0.258 e. The first-order valence-corrected chi connectivity index (χ1v) is 9.03. The van der Waals surface area contributed by atoms with Crippen molar-refractivity contribution in [1.29, 1.82) is 0 Å². The number of ether oxygens (including phenoxy) is 1. The summed E-state index contributed by atoms with van der Waals surface area (Å²) in [6.07, 6.45) is 2.06. The van der Waals surface area contributed by atoms with Gasteiger partial charge in [-0.3, -0.25) is 9.59 Å². The van der Waals surface area contributed by atoms with Crippen molar-refractivity contribution in [2.24, 2.45) is 0 Å². The summed E-state index contributed by atoms with van der Waals surface area (Å²) < 4.78 is 5.48. The summed E-state index contributed by atoms with van der Waals surface area (Å²) in [6.45, 7) is 1.36. The minimum atomic E-state index is -0.347. The summed E-state index contributed by atoms with van der Waals surface area (Å²) in [6, 6.07) is 15.3. The van der Waals surface area contributed by atoms with Crippen molar-refractivity contribution in [3.8, 4) is 16.9 Å². The van der Waals surface area contributed by atoms with Gasteiger partial charge in [-0.25, -0.2) is 0 Å². The zero-order valence-electron chi connectivity index (χ0n) is 14.4. The molecule has 2 aromatic rings. The highest BCUT2D eigenvalue weighted by molar-refractivity contribution is 6.32. The number of benzene rings is 2. The third-order valence-corrected chi connectivity index (χ3v) is 4.59. The van der Waals surface area contributed by atoms with Crippen molar-refractivity contribution in [2.45, 2.75) is 12.8 Å². The molecule has 1 N–H and O–H groups in total. The number of halogens is 1. The Labute approximate surface area is 157 Å². The zero-order valence-corrected chi connectivity index (χ0v) is 15.2. The summed E-state index contributed by atoms with van der Waals surface area (Å²) >= 11 is 6.26. The van der Waals surface area contributed by atoms with E-state index in [2.05, 4.69) is 5.32 Å². The molecule has 1 aliphatic rings. The Kier molecular flexibility index (Phi) is 6.12. The van der Waals surface area contributed by atoms with Crippen LogP contribution in [-0.2, 0) is 9.59 Å². The molecule has 0 bridgehead atoms. The van der Waals surface area contributed by atoms with Crippen LogP contribution < -0.4 is 10.1 Å².